The summed E-state index contributed by atoms with van der Waals surface area (Å²) in [4.78, 5) is 30.4. The Labute approximate surface area is 182 Å². The number of ether oxygens (including phenoxy) is 1. The molecule has 6 nitrogen and oxygen atoms in total. The highest BCUT2D eigenvalue weighted by molar-refractivity contribution is 5.81. The van der Waals surface area contributed by atoms with Gasteiger partial charge in [0, 0.05) is 67.9 Å². The number of rotatable bonds is 3. The van der Waals surface area contributed by atoms with E-state index in [1.807, 2.05) is 28.8 Å². The van der Waals surface area contributed by atoms with Gasteiger partial charge in [-0.3, -0.25) is 14.5 Å². The molecule has 2 fully saturated rings. The molecule has 0 spiro atoms. The summed E-state index contributed by atoms with van der Waals surface area (Å²) in [6.45, 7) is 5.18. The second-order valence-electron chi connectivity index (χ2n) is 9.68. The Balaban J connectivity index is 1.23. The van der Waals surface area contributed by atoms with Gasteiger partial charge in [-0.2, -0.15) is 0 Å². The van der Waals surface area contributed by atoms with Crippen LogP contribution in [0.15, 0.2) is 41.2 Å². The van der Waals surface area contributed by atoms with E-state index in [0.717, 1.165) is 69.0 Å². The third-order valence-corrected chi connectivity index (χ3v) is 7.35. The van der Waals surface area contributed by atoms with Crippen molar-refractivity contribution in [1.82, 2.24) is 14.4 Å². The van der Waals surface area contributed by atoms with Crippen LogP contribution in [-0.2, 0) is 24.4 Å². The van der Waals surface area contributed by atoms with Crippen LogP contribution in [-0.4, -0.2) is 46.5 Å². The molecule has 1 saturated heterocycles. The lowest BCUT2D eigenvalue weighted by Crippen LogP contribution is -2.50. The fraction of sp³-hybridized carbons (Fsp3) is 0.520. The van der Waals surface area contributed by atoms with Crippen LogP contribution in [0.4, 0.5) is 0 Å². The van der Waals surface area contributed by atoms with Gasteiger partial charge in [0.05, 0.1) is 0 Å². The monoisotopic (exact) mass is 419 g/mol. The van der Waals surface area contributed by atoms with Crippen molar-refractivity contribution in [3.8, 4) is 5.75 Å². The molecule has 4 aliphatic rings. The summed E-state index contributed by atoms with van der Waals surface area (Å²) < 4.78 is 7.89. The lowest BCUT2D eigenvalue weighted by Gasteiger charge is -2.43. The van der Waals surface area contributed by atoms with E-state index in [9.17, 15) is 9.59 Å². The molecule has 0 radical (unpaired) electrons. The summed E-state index contributed by atoms with van der Waals surface area (Å²) in [6.07, 6.45) is 3.19. The van der Waals surface area contributed by atoms with Crippen LogP contribution >= 0.6 is 0 Å². The Morgan fingerprint density at radius 3 is 2.81 bits per heavy atom. The second-order valence-corrected chi connectivity index (χ2v) is 9.68. The number of hydrogen-bond acceptors (Lipinski definition) is 4. The molecule has 1 aromatic carbocycles. The molecule has 4 heterocycles. The standard InChI is InChI=1S/C25H29N3O3/c29-24(18-5-6-18)27-12-17-11-21(16-27)22-8-7-20(25(30)28(22)13-17)15-26-9-10-31-23-4-2-1-3-19(23)14-26/h1-4,7-8,17-18,21H,5-6,9-16H2/t17-,21+/m0/s1. The van der Waals surface area contributed by atoms with Crippen molar-refractivity contribution in [2.75, 3.05) is 26.2 Å². The fourth-order valence-corrected chi connectivity index (χ4v) is 5.64. The van der Waals surface area contributed by atoms with Gasteiger partial charge in [0.2, 0.25) is 5.91 Å². The summed E-state index contributed by atoms with van der Waals surface area (Å²) in [6, 6.07) is 12.3. The molecule has 0 unspecified atom stereocenters. The van der Waals surface area contributed by atoms with Crippen molar-refractivity contribution in [2.45, 2.75) is 44.8 Å². The summed E-state index contributed by atoms with van der Waals surface area (Å²) in [5, 5.41) is 0. The van der Waals surface area contributed by atoms with Crippen LogP contribution in [0.1, 0.15) is 42.0 Å². The summed E-state index contributed by atoms with van der Waals surface area (Å²) >= 11 is 0. The largest absolute Gasteiger partial charge is 0.492 e. The molecule has 2 atom stereocenters. The maximum absolute atomic E-state index is 13.4. The Hall–Kier alpha value is -2.60. The second kappa shape index (κ2) is 7.52. The maximum Gasteiger partial charge on any atom is 0.255 e. The molecule has 3 aliphatic heterocycles. The number of para-hydroxylation sites is 1. The third kappa shape index (κ3) is 3.57. The number of aromatic nitrogens is 1. The van der Waals surface area contributed by atoms with Crippen LogP contribution in [0.3, 0.4) is 0 Å². The lowest BCUT2D eigenvalue weighted by atomic mass is 9.82. The van der Waals surface area contributed by atoms with Crippen molar-refractivity contribution < 1.29 is 9.53 Å². The molecule has 2 aromatic rings. The molecule has 1 saturated carbocycles. The number of piperidine rings is 1. The van der Waals surface area contributed by atoms with Gasteiger partial charge < -0.3 is 14.2 Å². The zero-order chi connectivity index (χ0) is 20.9. The van der Waals surface area contributed by atoms with Crippen molar-refractivity contribution >= 4 is 5.91 Å². The molecule has 2 bridgehead atoms. The Kier molecular flexibility index (Phi) is 4.64. The Morgan fingerprint density at radius 2 is 1.94 bits per heavy atom. The topological polar surface area (TPSA) is 54.8 Å². The van der Waals surface area contributed by atoms with E-state index in [1.54, 1.807) is 0 Å². The smallest absolute Gasteiger partial charge is 0.255 e. The van der Waals surface area contributed by atoms with E-state index < -0.39 is 0 Å². The highest BCUT2D eigenvalue weighted by Crippen LogP contribution is 2.38. The van der Waals surface area contributed by atoms with Gasteiger partial charge in [-0.25, -0.2) is 0 Å². The van der Waals surface area contributed by atoms with Gasteiger partial charge in [0.1, 0.15) is 12.4 Å². The minimum absolute atomic E-state index is 0.146. The van der Waals surface area contributed by atoms with Gasteiger partial charge in [0.15, 0.2) is 0 Å². The quantitative estimate of drug-likeness (QED) is 0.768. The van der Waals surface area contributed by atoms with E-state index in [4.69, 9.17) is 4.74 Å². The molecule has 1 aliphatic carbocycles. The maximum atomic E-state index is 13.4. The number of likely N-dealkylation sites (tertiary alicyclic amines) is 1. The summed E-state index contributed by atoms with van der Waals surface area (Å²) in [5.74, 6) is 2.23. The number of pyridine rings is 1. The molecule has 0 N–H and O–H groups in total. The average molecular weight is 420 g/mol. The first-order valence-electron chi connectivity index (χ1n) is 11.6. The fourth-order valence-electron chi connectivity index (χ4n) is 5.64. The zero-order valence-electron chi connectivity index (χ0n) is 17.8. The van der Waals surface area contributed by atoms with Crippen molar-refractivity contribution in [3.05, 3.63) is 63.6 Å². The van der Waals surface area contributed by atoms with Crippen LogP contribution in [0.2, 0.25) is 0 Å². The predicted octanol–water partition coefficient (Wildman–Crippen LogP) is 2.60. The minimum Gasteiger partial charge on any atom is -0.492 e. The Morgan fingerprint density at radius 1 is 1.06 bits per heavy atom. The predicted molar refractivity (Wildman–Crippen MR) is 117 cm³/mol. The van der Waals surface area contributed by atoms with Crippen LogP contribution in [0.25, 0.3) is 0 Å². The normalized spacial score (nSPS) is 25.2. The number of carbonyl (C=O) groups excluding carboxylic acids is 1. The van der Waals surface area contributed by atoms with Gasteiger partial charge in [-0.05, 0) is 37.3 Å². The lowest BCUT2D eigenvalue weighted by molar-refractivity contribution is -0.135. The average Bonchev–Trinajstić information content (AvgIpc) is 3.62. The molecule has 1 aromatic heterocycles. The Bertz CT molecular complexity index is 1070. The van der Waals surface area contributed by atoms with Gasteiger partial charge in [0.25, 0.3) is 5.56 Å². The number of fused-ring (bicyclic) bond motifs is 5. The van der Waals surface area contributed by atoms with Gasteiger partial charge in [-0.1, -0.05) is 24.3 Å². The van der Waals surface area contributed by atoms with Crippen LogP contribution in [0.5, 0.6) is 5.75 Å². The number of nitrogens with zero attached hydrogens (tertiary/aromatic N) is 3. The first-order chi connectivity index (χ1) is 15.2. The third-order valence-electron chi connectivity index (χ3n) is 7.35. The molecule has 6 heteroatoms. The first-order valence-corrected chi connectivity index (χ1v) is 11.6. The summed E-state index contributed by atoms with van der Waals surface area (Å²) in [7, 11) is 0. The zero-order valence-corrected chi connectivity index (χ0v) is 17.8. The number of benzene rings is 1. The van der Waals surface area contributed by atoms with Gasteiger partial charge in [-0.15, -0.1) is 0 Å². The molecule has 6 rings (SSSR count). The SMILES string of the molecule is O=C(C1CC1)N1C[C@@H]2C[C@H](C1)c1ccc(CN3CCOc4ccccc4C3)c(=O)n1C2. The number of amides is 1. The van der Waals surface area contributed by atoms with Crippen molar-refractivity contribution in [1.29, 1.82) is 0 Å². The van der Waals surface area contributed by atoms with Crippen LogP contribution in [0, 0.1) is 11.8 Å². The number of carbonyl (C=O) groups is 1. The molecular weight excluding hydrogens is 390 g/mol. The first kappa shape index (κ1) is 19.1. The molecular formula is C25H29N3O3. The van der Waals surface area contributed by atoms with E-state index in [1.165, 1.54) is 5.56 Å². The van der Waals surface area contributed by atoms with Gasteiger partial charge >= 0.3 is 0 Å². The van der Waals surface area contributed by atoms with E-state index in [-0.39, 0.29) is 17.4 Å². The van der Waals surface area contributed by atoms with Crippen molar-refractivity contribution in [3.63, 3.8) is 0 Å². The van der Waals surface area contributed by atoms with E-state index in [0.29, 0.717) is 25.0 Å². The van der Waals surface area contributed by atoms with Crippen molar-refractivity contribution in [2.24, 2.45) is 11.8 Å². The molecule has 31 heavy (non-hydrogen) atoms. The van der Waals surface area contributed by atoms with E-state index >= 15 is 0 Å². The van der Waals surface area contributed by atoms with Crippen LogP contribution < -0.4 is 10.3 Å². The minimum atomic E-state index is 0.146. The highest BCUT2D eigenvalue weighted by atomic mass is 16.5. The molecule has 162 valence electrons. The number of hydrogen-bond donors (Lipinski definition) is 0. The summed E-state index contributed by atoms with van der Waals surface area (Å²) in [5.41, 5.74) is 3.29. The molecule has 1 amide bonds. The van der Waals surface area contributed by atoms with E-state index in [2.05, 4.69) is 21.9 Å². The highest BCUT2D eigenvalue weighted by Gasteiger charge is 2.40.